The van der Waals surface area contributed by atoms with Gasteiger partial charge >= 0.3 is 5.97 Å². The van der Waals surface area contributed by atoms with Gasteiger partial charge in [-0.25, -0.2) is 22.5 Å². The van der Waals surface area contributed by atoms with Crippen LogP contribution in [0.25, 0.3) is 22.4 Å². The lowest BCUT2D eigenvalue weighted by atomic mass is 9.75. The maximum atomic E-state index is 15.8. The molecule has 0 amide bonds. The van der Waals surface area contributed by atoms with Gasteiger partial charge in [0.05, 0.1) is 34.3 Å². The average molecular weight is 730 g/mol. The van der Waals surface area contributed by atoms with Gasteiger partial charge in [0, 0.05) is 35.2 Å². The summed E-state index contributed by atoms with van der Waals surface area (Å²) in [5.41, 5.74) is 2.38. The third kappa shape index (κ3) is 7.09. The molecule has 9 nitrogen and oxygen atoms in total. The fourth-order valence-corrected chi connectivity index (χ4v) is 10.7. The van der Waals surface area contributed by atoms with Crippen molar-refractivity contribution < 1.29 is 22.3 Å². The monoisotopic (exact) mass is 729 g/mol. The minimum atomic E-state index is -3.50. The van der Waals surface area contributed by atoms with Crippen LogP contribution in [-0.4, -0.2) is 57.7 Å². The quantitative estimate of drug-likeness (QED) is 0.188. The third-order valence-corrected chi connectivity index (χ3v) is 13.9. The summed E-state index contributed by atoms with van der Waals surface area (Å²) in [4.78, 5) is 26.6. The second kappa shape index (κ2) is 13.2. The Balaban J connectivity index is 1.32. The largest absolute Gasteiger partial charge is 0.469 e. The first-order valence-corrected chi connectivity index (χ1v) is 20.1. The van der Waals surface area contributed by atoms with Crippen LogP contribution in [-0.2, 0) is 44.7 Å². The molecule has 1 fully saturated rings. The van der Waals surface area contributed by atoms with Crippen molar-refractivity contribution in [1.29, 1.82) is 0 Å². The summed E-state index contributed by atoms with van der Waals surface area (Å²) in [5.74, 6) is 0.589. The number of fused-ring (bicyclic) bond motifs is 8. The molecule has 1 atom stereocenters. The summed E-state index contributed by atoms with van der Waals surface area (Å²) >= 11 is 1.26. The fourth-order valence-electron chi connectivity index (χ4n) is 7.68. The zero-order valence-corrected chi connectivity index (χ0v) is 31.4. The number of benzene rings is 2. The predicted octanol–water partition coefficient (Wildman–Crippen LogP) is 7.62. The Hall–Kier alpha value is -4.03. The number of carbonyl (C=O) groups is 1. The first-order valence-electron chi connectivity index (χ1n) is 17.4. The van der Waals surface area contributed by atoms with Gasteiger partial charge in [0.15, 0.2) is 21.5 Å². The minimum absolute atomic E-state index is 0.0234. The van der Waals surface area contributed by atoms with E-state index in [2.05, 4.69) is 35.1 Å². The van der Waals surface area contributed by atoms with Crippen LogP contribution < -0.4 is 0 Å². The molecule has 1 aliphatic heterocycles. The third-order valence-electron chi connectivity index (χ3n) is 10.7. The van der Waals surface area contributed by atoms with Crippen LogP contribution in [0.3, 0.4) is 0 Å². The summed E-state index contributed by atoms with van der Waals surface area (Å²) in [7, 11) is -0.198. The highest BCUT2D eigenvalue weighted by Gasteiger charge is 2.51. The maximum absolute atomic E-state index is 15.8. The fraction of sp³-hybridized carbons (Fsp3) is 0.436. The first-order chi connectivity index (χ1) is 24.2. The second-order valence-corrected chi connectivity index (χ2v) is 18.6. The van der Waals surface area contributed by atoms with E-state index in [1.807, 2.05) is 45.2 Å². The Morgan fingerprint density at radius 3 is 2.65 bits per heavy atom. The standard InChI is InChI=1S/C39H44FN5O4S2/c1-37(2)13-7-14-38(3,26-9-6-8-25(20-26)23-39(15-16-39)36(46)49-5)35-43-34(45(4)44-35)32-21-27(10-17-42-32)50-33-29(12-19-51(47,48)24-37)28-11-18-41-31(28)22-30(33)40/h6,8-11,17-18,20-22,41H,7,12-16,19,23-24H2,1-5H3/t38-/m1/s1. The number of nitrogens with one attached hydrogen (secondary N) is 1. The van der Waals surface area contributed by atoms with E-state index in [9.17, 15) is 13.2 Å². The Labute approximate surface area is 302 Å². The molecule has 4 heterocycles. The molecule has 1 aliphatic carbocycles. The van der Waals surface area contributed by atoms with Gasteiger partial charge < -0.3 is 9.72 Å². The van der Waals surface area contributed by atoms with E-state index in [1.165, 1.54) is 24.9 Å². The zero-order chi connectivity index (χ0) is 36.2. The summed E-state index contributed by atoms with van der Waals surface area (Å²) < 4.78 is 50.1. The summed E-state index contributed by atoms with van der Waals surface area (Å²) in [5, 5.41) is 5.79. The number of pyridine rings is 1. The molecule has 268 valence electrons. The molecule has 4 bridgehead atoms. The van der Waals surface area contributed by atoms with Gasteiger partial charge in [0.25, 0.3) is 0 Å². The lowest BCUT2D eigenvalue weighted by Gasteiger charge is -2.31. The van der Waals surface area contributed by atoms with Crippen LogP contribution in [0.5, 0.6) is 0 Å². The van der Waals surface area contributed by atoms with Crippen LogP contribution in [0.15, 0.2) is 70.7 Å². The number of carbonyl (C=O) groups excluding carboxylic acids is 1. The highest BCUT2D eigenvalue weighted by molar-refractivity contribution is 7.99. The molecule has 0 unspecified atom stereocenters. The van der Waals surface area contributed by atoms with Crippen LogP contribution in [0.2, 0.25) is 0 Å². The molecule has 51 heavy (non-hydrogen) atoms. The number of aryl methyl sites for hydroxylation is 2. The number of hydrogen-bond donors (Lipinski definition) is 1. The van der Waals surface area contributed by atoms with Crippen LogP contribution in [0.1, 0.15) is 75.4 Å². The molecule has 1 N–H and O–H groups in total. The van der Waals surface area contributed by atoms with Gasteiger partial charge in [0.2, 0.25) is 0 Å². The molecule has 12 heteroatoms. The Morgan fingerprint density at radius 1 is 1.08 bits per heavy atom. The Bertz CT molecular complexity index is 2240. The van der Waals surface area contributed by atoms with E-state index in [0.29, 0.717) is 52.6 Å². The number of H-pyrrole nitrogens is 1. The number of rotatable bonds is 4. The Morgan fingerprint density at radius 2 is 1.88 bits per heavy atom. The van der Waals surface area contributed by atoms with Crippen LogP contribution in [0.4, 0.5) is 4.39 Å². The molecule has 0 spiro atoms. The average Bonchev–Trinajstić information content (AvgIpc) is 3.51. The van der Waals surface area contributed by atoms with Crippen molar-refractivity contribution in [3.8, 4) is 11.5 Å². The van der Waals surface area contributed by atoms with Crippen molar-refractivity contribution >= 4 is 38.5 Å². The van der Waals surface area contributed by atoms with Crippen molar-refractivity contribution in [2.75, 3.05) is 18.6 Å². The van der Waals surface area contributed by atoms with E-state index in [4.69, 9.17) is 14.8 Å². The minimum Gasteiger partial charge on any atom is -0.469 e. The van der Waals surface area contributed by atoms with E-state index in [-0.39, 0.29) is 23.9 Å². The van der Waals surface area contributed by atoms with E-state index in [0.717, 1.165) is 40.7 Å². The van der Waals surface area contributed by atoms with Crippen molar-refractivity contribution in [2.45, 2.75) is 80.9 Å². The van der Waals surface area contributed by atoms with Gasteiger partial charge in [-0.15, -0.1) is 0 Å². The first kappa shape index (κ1) is 35.4. The maximum Gasteiger partial charge on any atom is 0.312 e. The summed E-state index contributed by atoms with van der Waals surface area (Å²) in [6.07, 6.45) is 7.92. The number of sulfone groups is 1. The van der Waals surface area contributed by atoms with E-state index >= 15 is 4.39 Å². The highest BCUT2D eigenvalue weighted by atomic mass is 32.2. The smallest absolute Gasteiger partial charge is 0.312 e. The zero-order valence-electron chi connectivity index (χ0n) is 29.8. The molecule has 7 rings (SSSR count). The van der Waals surface area contributed by atoms with Gasteiger partial charge in [-0.1, -0.05) is 56.3 Å². The lowest BCUT2D eigenvalue weighted by molar-refractivity contribution is -0.147. The number of methoxy groups -OCH3 is 1. The number of aromatic amines is 1. The van der Waals surface area contributed by atoms with Gasteiger partial charge in [-0.05, 0) is 91.8 Å². The SMILES string of the molecule is COC(=O)C1(Cc2cccc([C@@]3(C)CCCC(C)(C)CS(=O)(=O)CCc4c(c(F)cc5[nH]ccc45)Sc4ccnc(c4)-c4nc3nn4C)c2)CC1. The molecular weight excluding hydrogens is 686 g/mol. The van der Waals surface area contributed by atoms with Crippen molar-refractivity contribution in [3.63, 3.8) is 0 Å². The number of ether oxygens (including phenoxy) is 1. The van der Waals surface area contributed by atoms with E-state index in [1.54, 1.807) is 17.1 Å². The summed E-state index contributed by atoms with van der Waals surface area (Å²) in [6, 6.07) is 15.4. The molecule has 1 saturated carbocycles. The number of hydrogen-bond acceptors (Lipinski definition) is 8. The van der Waals surface area contributed by atoms with Gasteiger partial charge in [-0.3, -0.25) is 9.78 Å². The molecule has 5 aromatic rings. The normalized spacial score (nSPS) is 21.3. The van der Waals surface area contributed by atoms with E-state index < -0.39 is 31.9 Å². The van der Waals surface area contributed by atoms with Crippen molar-refractivity contribution in [3.05, 3.63) is 89.3 Å². The molecule has 2 aliphatic rings. The number of halogens is 1. The molecule has 0 saturated heterocycles. The lowest BCUT2D eigenvalue weighted by Crippen LogP contribution is -2.29. The topological polar surface area (TPSA) is 120 Å². The molecular formula is C39H44FN5O4S2. The number of aromatic nitrogens is 5. The van der Waals surface area contributed by atoms with Crippen LogP contribution in [0, 0.1) is 16.6 Å². The van der Waals surface area contributed by atoms with Gasteiger partial charge in [0.1, 0.15) is 11.5 Å². The molecule has 2 aromatic carbocycles. The van der Waals surface area contributed by atoms with Gasteiger partial charge in [-0.2, -0.15) is 5.10 Å². The van der Waals surface area contributed by atoms with Crippen LogP contribution >= 0.6 is 11.8 Å². The summed E-state index contributed by atoms with van der Waals surface area (Å²) in [6.45, 7) is 6.15. The van der Waals surface area contributed by atoms with Crippen molar-refractivity contribution in [1.82, 2.24) is 24.7 Å². The Kier molecular flexibility index (Phi) is 9.15. The molecule has 3 aromatic heterocycles. The number of nitrogens with zero attached hydrogens (tertiary/aromatic N) is 4. The predicted molar refractivity (Wildman–Crippen MR) is 197 cm³/mol. The highest BCUT2D eigenvalue weighted by Crippen LogP contribution is 2.50. The molecule has 0 radical (unpaired) electrons. The van der Waals surface area contributed by atoms with Crippen molar-refractivity contribution in [2.24, 2.45) is 17.9 Å². The number of esters is 1. The second-order valence-electron chi connectivity index (χ2n) is 15.3.